The molecule has 2 N–H and O–H groups in total. The molecule has 0 saturated carbocycles. The molecule has 0 bridgehead atoms. The van der Waals surface area contributed by atoms with E-state index in [2.05, 4.69) is 15.3 Å². The molecule has 1 atom stereocenters. The number of fused-ring (bicyclic) bond motifs is 1. The van der Waals surface area contributed by atoms with Gasteiger partial charge in [-0.2, -0.15) is 0 Å². The van der Waals surface area contributed by atoms with E-state index in [1.807, 2.05) is 63.4 Å². The maximum absolute atomic E-state index is 12.6. The number of carbonyl (C=O) groups excluding carboxylic acids is 2. The first kappa shape index (κ1) is 19.6. The van der Waals surface area contributed by atoms with E-state index in [0.717, 1.165) is 27.7 Å². The number of pyridine rings is 1. The van der Waals surface area contributed by atoms with Crippen molar-refractivity contribution < 1.29 is 14.3 Å². The number of carbonyl (C=O) groups is 2. The van der Waals surface area contributed by atoms with Crippen LogP contribution in [0.4, 0.5) is 4.79 Å². The third kappa shape index (κ3) is 4.39. The highest BCUT2D eigenvalue weighted by molar-refractivity contribution is 5.93. The quantitative estimate of drug-likeness (QED) is 0.692. The van der Waals surface area contributed by atoms with E-state index in [9.17, 15) is 9.59 Å². The third-order valence-corrected chi connectivity index (χ3v) is 4.40. The fraction of sp³-hybridized carbons (Fsp3) is 0.318. The molecule has 6 nitrogen and oxygen atoms in total. The zero-order chi connectivity index (χ0) is 20.3. The lowest BCUT2D eigenvalue weighted by atomic mass is 9.84. The van der Waals surface area contributed by atoms with E-state index in [1.54, 1.807) is 13.1 Å². The Morgan fingerprint density at radius 2 is 1.89 bits per heavy atom. The highest BCUT2D eigenvalue weighted by Gasteiger charge is 2.24. The first-order chi connectivity index (χ1) is 13.3. The number of rotatable bonds is 5. The number of benzene rings is 1. The maximum Gasteiger partial charge on any atom is 0.407 e. The van der Waals surface area contributed by atoms with E-state index < -0.39 is 17.6 Å². The Bertz CT molecular complexity index is 1000. The van der Waals surface area contributed by atoms with Crippen LogP contribution in [0.1, 0.15) is 50.3 Å². The van der Waals surface area contributed by atoms with Crippen LogP contribution < -0.4 is 5.32 Å². The lowest BCUT2D eigenvalue weighted by molar-refractivity contribution is -0.117. The van der Waals surface area contributed by atoms with Crippen molar-refractivity contribution in [1.82, 2.24) is 15.3 Å². The number of ether oxygens (including phenoxy) is 1. The minimum Gasteiger partial charge on any atom is -0.444 e. The molecule has 1 unspecified atom stereocenters. The summed E-state index contributed by atoms with van der Waals surface area (Å²) in [6.45, 7) is 7.31. The van der Waals surface area contributed by atoms with E-state index in [0.29, 0.717) is 0 Å². The van der Waals surface area contributed by atoms with Gasteiger partial charge in [0.2, 0.25) is 0 Å². The zero-order valence-corrected chi connectivity index (χ0v) is 16.6. The Morgan fingerprint density at radius 1 is 1.14 bits per heavy atom. The summed E-state index contributed by atoms with van der Waals surface area (Å²) in [4.78, 5) is 32.1. The Hall–Kier alpha value is -3.15. The van der Waals surface area contributed by atoms with Crippen molar-refractivity contribution in [2.75, 3.05) is 0 Å². The van der Waals surface area contributed by atoms with Crippen LogP contribution in [0, 0.1) is 0 Å². The van der Waals surface area contributed by atoms with Gasteiger partial charge >= 0.3 is 6.09 Å². The van der Waals surface area contributed by atoms with Gasteiger partial charge < -0.3 is 15.0 Å². The van der Waals surface area contributed by atoms with Gasteiger partial charge in [0.1, 0.15) is 17.0 Å². The van der Waals surface area contributed by atoms with Crippen LogP contribution in [0.3, 0.4) is 0 Å². The van der Waals surface area contributed by atoms with Crippen molar-refractivity contribution >= 4 is 22.9 Å². The molecule has 0 saturated heterocycles. The molecule has 0 aliphatic carbocycles. The summed E-state index contributed by atoms with van der Waals surface area (Å²) < 4.78 is 5.31. The number of alkyl carbamates (subject to hydrolysis) is 1. The number of hydrogen-bond donors (Lipinski definition) is 2. The molecule has 3 aromatic rings. The van der Waals surface area contributed by atoms with Crippen molar-refractivity contribution in [3.8, 4) is 0 Å². The molecule has 0 fully saturated rings. The summed E-state index contributed by atoms with van der Waals surface area (Å²) in [5, 5.41) is 3.70. The number of aromatic nitrogens is 2. The van der Waals surface area contributed by atoms with Crippen LogP contribution in [-0.2, 0) is 16.1 Å². The number of nitrogens with one attached hydrogen (secondary N) is 2. The molecule has 1 aromatic carbocycles. The number of Topliss-reactive ketones (excluding diaryl/α,β-unsaturated/α-hetero) is 1. The summed E-state index contributed by atoms with van der Waals surface area (Å²) in [6.07, 6.45) is 3.03. The van der Waals surface area contributed by atoms with Crippen LogP contribution in [0.2, 0.25) is 0 Å². The predicted molar refractivity (Wildman–Crippen MR) is 108 cm³/mol. The lowest BCUT2D eigenvalue weighted by Crippen LogP contribution is -2.32. The Kier molecular flexibility index (Phi) is 5.49. The van der Waals surface area contributed by atoms with Crippen molar-refractivity contribution in [1.29, 1.82) is 0 Å². The van der Waals surface area contributed by atoms with Gasteiger partial charge in [0.25, 0.3) is 0 Å². The zero-order valence-electron chi connectivity index (χ0n) is 16.6. The summed E-state index contributed by atoms with van der Waals surface area (Å²) in [7, 11) is 0. The number of ketones is 1. The number of hydrogen-bond acceptors (Lipinski definition) is 4. The van der Waals surface area contributed by atoms with E-state index in [-0.39, 0.29) is 12.3 Å². The normalized spacial score (nSPS) is 12.6. The average Bonchev–Trinajstić information content (AvgIpc) is 3.09. The van der Waals surface area contributed by atoms with Gasteiger partial charge in [-0.1, -0.05) is 24.3 Å². The van der Waals surface area contributed by atoms with Gasteiger partial charge in [0.15, 0.2) is 0 Å². The topological polar surface area (TPSA) is 84.1 Å². The van der Waals surface area contributed by atoms with Gasteiger partial charge in [-0.25, -0.2) is 9.78 Å². The number of amides is 1. The largest absolute Gasteiger partial charge is 0.444 e. The maximum atomic E-state index is 12.6. The van der Waals surface area contributed by atoms with Crippen molar-refractivity contribution in [3.05, 3.63) is 65.5 Å². The first-order valence-corrected chi connectivity index (χ1v) is 9.23. The number of nitrogens with zero attached hydrogens (tertiary/aromatic N) is 1. The lowest BCUT2D eigenvalue weighted by Gasteiger charge is -2.22. The monoisotopic (exact) mass is 379 g/mol. The molecule has 28 heavy (non-hydrogen) atoms. The molecule has 0 spiro atoms. The molecule has 0 aliphatic rings. The number of H-pyrrole nitrogens is 1. The summed E-state index contributed by atoms with van der Waals surface area (Å²) in [5.41, 5.74) is 2.80. The third-order valence-electron chi connectivity index (χ3n) is 4.40. The molecule has 0 aliphatic heterocycles. The van der Waals surface area contributed by atoms with Crippen LogP contribution in [-0.4, -0.2) is 27.4 Å². The Morgan fingerprint density at radius 3 is 2.61 bits per heavy atom. The first-order valence-electron chi connectivity index (χ1n) is 9.23. The van der Waals surface area contributed by atoms with E-state index in [1.165, 1.54) is 0 Å². The van der Waals surface area contributed by atoms with Gasteiger partial charge in [-0.15, -0.1) is 0 Å². The van der Waals surface area contributed by atoms with Gasteiger partial charge in [-0.05, 0) is 56.5 Å². The van der Waals surface area contributed by atoms with Crippen molar-refractivity contribution in [2.24, 2.45) is 0 Å². The smallest absolute Gasteiger partial charge is 0.407 e. The Balaban J connectivity index is 1.94. The van der Waals surface area contributed by atoms with Gasteiger partial charge in [0, 0.05) is 24.3 Å². The standard InChI is InChI=1S/C22H25N3O3/c1-14(26)19(17-9-11-23-20-18(17)10-12-24-20)16-8-6-5-7-15(16)13-25-21(27)28-22(2,3)4/h5-12,19H,13H2,1-4H3,(H,23,24)(H,25,27). The molecule has 2 heterocycles. The molecule has 3 rings (SSSR count). The molecule has 2 aromatic heterocycles. The van der Waals surface area contributed by atoms with Crippen LogP contribution in [0.15, 0.2) is 48.8 Å². The summed E-state index contributed by atoms with van der Waals surface area (Å²) >= 11 is 0. The average molecular weight is 379 g/mol. The molecule has 1 amide bonds. The highest BCUT2D eigenvalue weighted by atomic mass is 16.6. The van der Waals surface area contributed by atoms with Gasteiger partial charge in [-0.3, -0.25) is 4.79 Å². The minimum absolute atomic E-state index is 0.0263. The molecule has 146 valence electrons. The van der Waals surface area contributed by atoms with E-state index in [4.69, 9.17) is 4.74 Å². The highest BCUT2D eigenvalue weighted by Crippen LogP contribution is 2.32. The van der Waals surface area contributed by atoms with Gasteiger partial charge in [0.05, 0.1) is 5.92 Å². The summed E-state index contributed by atoms with van der Waals surface area (Å²) in [6, 6.07) is 11.4. The second kappa shape index (κ2) is 7.84. The SMILES string of the molecule is CC(=O)C(c1ccccc1CNC(=O)OC(C)(C)C)c1ccnc2[nH]ccc12. The predicted octanol–water partition coefficient (Wildman–Crippen LogP) is 4.31. The molecular formula is C22H25N3O3. The fourth-order valence-electron chi connectivity index (χ4n) is 3.30. The van der Waals surface area contributed by atoms with Crippen LogP contribution in [0.25, 0.3) is 11.0 Å². The molecular weight excluding hydrogens is 354 g/mol. The van der Waals surface area contributed by atoms with E-state index >= 15 is 0 Å². The molecule has 6 heteroatoms. The second-order valence-corrected chi connectivity index (χ2v) is 7.74. The minimum atomic E-state index is -0.567. The van der Waals surface area contributed by atoms with Crippen LogP contribution in [0.5, 0.6) is 0 Å². The summed E-state index contributed by atoms with van der Waals surface area (Å²) in [5.74, 6) is -0.420. The fourth-order valence-corrected chi connectivity index (χ4v) is 3.30. The van der Waals surface area contributed by atoms with Crippen molar-refractivity contribution in [2.45, 2.75) is 45.8 Å². The molecule has 0 radical (unpaired) electrons. The van der Waals surface area contributed by atoms with Crippen molar-refractivity contribution in [3.63, 3.8) is 0 Å². The Labute approximate surface area is 164 Å². The van der Waals surface area contributed by atoms with Crippen LogP contribution >= 0.6 is 0 Å². The second-order valence-electron chi connectivity index (χ2n) is 7.74. The number of aromatic amines is 1.